The minimum absolute atomic E-state index is 0.00160. The predicted octanol–water partition coefficient (Wildman–Crippen LogP) is 3.79. The molecule has 0 fully saturated rings. The van der Waals surface area contributed by atoms with E-state index in [0.29, 0.717) is 11.5 Å². The van der Waals surface area contributed by atoms with E-state index in [1.165, 1.54) is 0 Å². The van der Waals surface area contributed by atoms with E-state index in [2.05, 4.69) is 15.5 Å². The molecule has 10 heteroatoms. The number of amides is 2. The maximum atomic E-state index is 13.6. The molecular formula is C30H29N4O5P. The van der Waals surface area contributed by atoms with Gasteiger partial charge >= 0.3 is 0 Å². The Balaban J connectivity index is 1.39. The number of hydrogen-bond acceptors (Lipinski definition) is 5. The van der Waals surface area contributed by atoms with Crippen LogP contribution in [0.15, 0.2) is 102 Å². The number of nitrogens with zero attached hydrogens (tertiary/aromatic N) is 1. The Bertz CT molecular complexity index is 1670. The van der Waals surface area contributed by atoms with Gasteiger partial charge in [-0.2, -0.15) is 0 Å². The van der Waals surface area contributed by atoms with Gasteiger partial charge < -0.3 is 25.5 Å². The van der Waals surface area contributed by atoms with Crippen molar-refractivity contribution in [1.29, 1.82) is 0 Å². The fourth-order valence-electron chi connectivity index (χ4n) is 4.73. The number of rotatable bonds is 11. The van der Waals surface area contributed by atoms with Gasteiger partial charge in [0.05, 0.1) is 5.92 Å². The van der Waals surface area contributed by atoms with Gasteiger partial charge in [-0.15, -0.1) is 0 Å². The van der Waals surface area contributed by atoms with E-state index in [1.54, 1.807) is 42.6 Å². The molecule has 0 bridgehead atoms. The number of benzene rings is 3. The van der Waals surface area contributed by atoms with Crippen LogP contribution in [0.5, 0.6) is 0 Å². The molecule has 3 atom stereocenters. The van der Waals surface area contributed by atoms with Crippen molar-refractivity contribution in [2.24, 2.45) is 11.7 Å². The second-order valence-corrected chi connectivity index (χ2v) is 12.0. The summed E-state index contributed by atoms with van der Waals surface area (Å²) in [5.41, 5.74) is 8.82. The minimum atomic E-state index is -3.94. The van der Waals surface area contributed by atoms with Gasteiger partial charge in [-0.05, 0) is 23.8 Å². The summed E-state index contributed by atoms with van der Waals surface area (Å²) in [6, 6.07) is 25.9. The highest BCUT2D eigenvalue weighted by Crippen LogP contribution is 2.42. The predicted molar refractivity (Wildman–Crippen MR) is 153 cm³/mol. The molecule has 2 amide bonds. The summed E-state index contributed by atoms with van der Waals surface area (Å²) in [5, 5.41) is 7.99. The second kappa shape index (κ2) is 11.7. The first-order valence-electron chi connectivity index (χ1n) is 12.8. The monoisotopic (exact) mass is 556 g/mol. The van der Waals surface area contributed by atoms with Crippen molar-refractivity contribution >= 4 is 35.4 Å². The number of carbonyl (C=O) groups is 2. The zero-order valence-corrected chi connectivity index (χ0v) is 22.5. The summed E-state index contributed by atoms with van der Waals surface area (Å²) in [5.74, 6) is -1.91. The van der Waals surface area contributed by atoms with Gasteiger partial charge in [0.15, 0.2) is 0 Å². The number of carbonyl (C=O) groups excluding carboxylic acids is 2. The van der Waals surface area contributed by atoms with E-state index in [0.717, 1.165) is 22.0 Å². The third kappa shape index (κ3) is 6.22. The SMILES string of the molecule is NC(=O)C(Cc1c[nH]c2ccccc12)NC(=O)C(Cc1cc(-c2ccccc2)no1)CP(=O)(O)c1ccccc1. The maximum absolute atomic E-state index is 13.6. The normalized spacial score (nSPS) is 14.3. The Hall–Kier alpha value is -4.46. The van der Waals surface area contributed by atoms with E-state index in [4.69, 9.17) is 10.3 Å². The lowest BCUT2D eigenvalue weighted by molar-refractivity contribution is -0.129. The van der Waals surface area contributed by atoms with Crippen molar-refractivity contribution in [2.45, 2.75) is 18.9 Å². The second-order valence-electron chi connectivity index (χ2n) is 9.69. The molecule has 0 aliphatic carbocycles. The van der Waals surface area contributed by atoms with Crippen molar-refractivity contribution < 1.29 is 23.6 Å². The lowest BCUT2D eigenvalue weighted by atomic mass is 10.0. The van der Waals surface area contributed by atoms with Crippen molar-refractivity contribution in [2.75, 3.05) is 6.16 Å². The molecule has 5 rings (SSSR count). The van der Waals surface area contributed by atoms with E-state index in [9.17, 15) is 19.0 Å². The van der Waals surface area contributed by atoms with E-state index < -0.39 is 31.1 Å². The van der Waals surface area contributed by atoms with Crippen LogP contribution in [0.25, 0.3) is 22.2 Å². The minimum Gasteiger partial charge on any atom is -0.368 e. The van der Waals surface area contributed by atoms with Crippen LogP contribution in [0.4, 0.5) is 0 Å². The molecule has 0 aliphatic rings. The lowest BCUT2D eigenvalue weighted by Crippen LogP contribution is -2.48. The molecule has 0 spiro atoms. The van der Waals surface area contributed by atoms with Crippen LogP contribution in [0.2, 0.25) is 0 Å². The summed E-state index contributed by atoms with van der Waals surface area (Å²) in [4.78, 5) is 40.2. The molecule has 204 valence electrons. The zero-order chi connectivity index (χ0) is 28.1. The molecular weight excluding hydrogens is 527 g/mol. The molecule has 9 nitrogen and oxygen atoms in total. The van der Waals surface area contributed by atoms with Crippen molar-refractivity contribution in [3.8, 4) is 11.3 Å². The fourth-order valence-corrected chi connectivity index (χ4v) is 6.48. The van der Waals surface area contributed by atoms with Gasteiger partial charge in [0.25, 0.3) is 0 Å². The molecule has 2 aromatic heterocycles. The molecule has 0 radical (unpaired) electrons. The van der Waals surface area contributed by atoms with E-state index in [1.807, 2.05) is 54.6 Å². The highest BCUT2D eigenvalue weighted by Gasteiger charge is 2.33. The average molecular weight is 557 g/mol. The summed E-state index contributed by atoms with van der Waals surface area (Å²) >= 11 is 0. The highest BCUT2D eigenvalue weighted by atomic mass is 31.2. The van der Waals surface area contributed by atoms with Gasteiger partial charge in [-0.1, -0.05) is 71.9 Å². The van der Waals surface area contributed by atoms with Crippen molar-refractivity contribution in [1.82, 2.24) is 15.5 Å². The first-order chi connectivity index (χ1) is 19.3. The van der Waals surface area contributed by atoms with Crippen molar-refractivity contribution in [3.05, 3.63) is 109 Å². The first kappa shape index (κ1) is 27.1. The largest absolute Gasteiger partial charge is 0.368 e. The molecule has 40 heavy (non-hydrogen) atoms. The lowest BCUT2D eigenvalue weighted by Gasteiger charge is -2.22. The van der Waals surface area contributed by atoms with Gasteiger partial charge in [-0.3, -0.25) is 14.2 Å². The number of nitrogens with two attached hydrogens (primary N) is 1. The number of hydrogen-bond donors (Lipinski definition) is 4. The molecule has 3 unspecified atom stereocenters. The number of aromatic nitrogens is 2. The van der Waals surface area contributed by atoms with Gasteiger partial charge in [0.1, 0.15) is 17.5 Å². The Labute approximate surface area is 230 Å². The smallest absolute Gasteiger partial charge is 0.240 e. The summed E-state index contributed by atoms with van der Waals surface area (Å²) in [6.45, 7) is 0. The van der Waals surface area contributed by atoms with E-state index in [-0.39, 0.29) is 24.3 Å². The molecule has 5 N–H and O–H groups in total. The quantitative estimate of drug-likeness (QED) is 0.182. The standard InChI is InChI=1S/C30H29N4O5P/c31-29(35)28(16-21-18-32-26-14-8-7-13-25(21)26)33-30(36)22(19-40(37,38)24-11-5-2-6-12-24)15-23-17-27(34-39-23)20-9-3-1-4-10-20/h1-14,17-18,22,28,32H,15-16,19H2,(H2,31,35)(H,33,36)(H,37,38). The van der Waals surface area contributed by atoms with Crippen LogP contribution in [0.3, 0.4) is 0 Å². The number of nitrogens with one attached hydrogen (secondary N) is 2. The Morgan fingerprint density at radius 3 is 2.38 bits per heavy atom. The molecule has 3 aromatic carbocycles. The van der Waals surface area contributed by atoms with Gasteiger partial charge in [-0.25, -0.2) is 0 Å². The number of para-hydroxylation sites is 1. The van der Waals surface area contributed by atoms with Gasteiger partial charge in [0, 0.05) is 53.0 Å². The number of primary amides is 1. The molecule has 0 aliphatic heterocycles. The van der Waals surface area contributed by atoms with Crippen LogP contribution in [-0.2, 0) is 27.0 Å². The third-order valence-electron chi connectivity index (χ3n) is 6.83. The number of H-pyrrole nitrogens is 1. The Kier molecular flexibility index (Phi) is 7.96. The van der Waals surface area contributed by atoms with Crippen LogP contribution < -0.4 is 16.4 Å². The fraction of sp³-hybridized carbons (Fsp3) is 0.167. The highest BCUT2D eigenvalue weighted by molar-refractivity contribution is 7.66. The summed E-state index contributed by atoms with van der Waals surface area (Å²) in [7, 11) is -3.94. The van der Waals surface area contributed by atoms with E-state index >= 15 is 0 Å². The molecule has 0 saturated carbocycles. The van der Waals surface area contributed by atoms with Crippen LogP contribution in [-0.4, -0.2) is 39.1 Å². The van der Waals surface area contributed by atoms with Crippen LogP contribution in [0, 0.1) is 5.92 Å². The van der Waals surface area contributed by atoms with Crippen LogP contribution >= 0.6 is 7.37 Å². The number of fused-ring (bicyclic) bond motifs is 1. The Morgan fingerprint density at radius 2 is 1.65 bits per heavy atom. The topological polar surface area (TPSA) is 151 Å². The maximum Gasteiger partial charge on any atom is 0.240 e. The summed E-state index contributed by atoms with van der Waals surface area (Å²) < 4.78 is 18.9. The average Bonchev–Trinajstić information content (AvgIpc) is 3.60. The Morgan fingerprint density at radius 1 is 0.975 bits per heavy atom. The molecule has 5 aromatic rings. The summed E-state index contributed by atoms with van der Waals surface area (Å²) in [6.07, 6.45) is 1.58. The first-order valence-corrected chi connectivity index (χ1v) is 14.7. The van der Waals surface area contributed by atoms with Crippen LogP contribution in [0.1, 0.15) is 11.3 Å². The molecule has 0 saturated heterocycles. The number of aromatic amines is 1. The van der Waals surface area contributed by atoms with Gasteiger partial charge in [0.2, 0.25) is 19.2 Å². The van der Waals surface area contributed by atoms with Crippen molar-refractivity contribution in [3.63, 3.8) is 0 Å². The zero-order valence-electron chi connectivity index (χ0n) is 21.6. The third-order valence-corrected chi connectivity index (χ3v) is 8.87. The molecule has 2 heterocycles.